The molecule has 0 bridgehead atoms. The normalized spacial score (nSPS) is 18.3. The minimum atomic E-state index is -0.989. The summed E-state index contributed by atoms with van der Waals surface area (Å²) in [6, 6.07) is 8.46. The molecule has 2 aliphatic heterocycles. The number of carbonyl (C=O) groups excluding carboxylic acids is 3. The SMILES string of the molecule is Cc1cc(/C=C2/SC(=O)N(CC(=O)N3CCC(C)CC3)C2=O)c(C)n1-c1ccc(C(=O)O)cc1. The predicted octanol–water partition coefficient (Wildman–Crippen LogP) is 4.09. The van der Waals surface area contributed by atoms with Gasteiger partial charge in [-0.3, -0.25) is 19.3 Å². The molecule has 4 rings (SSSR count). The van der Waals surface area contributed by atoms with Gasteiger partial charge >= 0.3 is 5.97 Å². The quantitative estimate of drug-likeness (QED) is 0.646. The molecule has 0 radical (unpaired) electrons. The van der Waals surface area contributed by atoms with Crippen LogP contribution in [-0.4, -0.2) is 62.1 Å². The minimum absolute atomic E-state index is 0.196. The first kappa shape index (κ1) is 23.8. The maximum atomic E-state index is 12.9. The topological polar surface area (TPSA) is 99.9 Å². The number of thioether (sulfide) groups is 1. The summed E-state index contributed by atoms with van der Waals surface area (Å²) in [7, 11) is 0. The highest BCUT2D eigenvalue weighted by Crippen LogP contribution is 2.34. The van der Waals surface area contributed by atoms with E-state index in [1.54, 1.807) is 35.2 Å². The van der Waals surface area contributed by atoms with E-state index in [-0.39, 0.29) is 22.9 Å². The van der Waals surface area contributed by atoms with Crippen LogP contribution in [0, 0.1) is 19.8 Å². The first-order chi connectivity index (χ1) is 16.2. The van der Waals surface area contributed by atoms with Crippen molar-refractivity contribution in [3.05, 3.63) is 57.8 Å². The number of piperidine rings is 1. The number of carboxylic acids is 1. The number of aromatic nitrogens is 1. The second kappa shape index (κ2) is 9.50. The Morgan fingerprint density at radius 3 is 2.38 bits per heavy atom. The van der Waals surface area contributed by atoms with Gasteiger partial charge in [0, 0.05) is 30.2 Å². The summed E-state index contributed by atoms with van der Waals surface area (Å²) in [6.45, 7) is 7.06. The van der Waals surface area contributed by atoms with Crippen molar-refractivity contribution < 1.29 is 24.3 Å². The first-order valence-electron chi connectivity index (χ1n) is 11.2. The molecule has 0 unspecified atom stereocenters. The molecule has 1 N–H and O–H groups in total. The van der Waals surface area contributed by atoms with Crippen molar-refractivity contribution in [2.75, 3.05) is 19.6 Å². The van der Waals surface area contributed by atoms with Crippen molar-refractivity contribution in [3.8, 4) is 5.69 Å². The van der Waals surface area contributed by atoms with Crippen molar-refractivity contribution in [2.45, 2.75) is 33.6 Å². The molecule has 0 saturated carbocycles. The molecule has 3 amide bonds. The lowest BCUT2D eigenvalue weighted by molar-refractivity contribution is -0.136. The average Bonchev–Trinajstić information content (AvgIpc) is 3.23. The Hall–Kier alpha value is -3.33. The Morgan fingerprint density at radius 1 is 1.12 bits per heavy atom. The minimum Gasteiger partial charge on any atom is -0.478 e. The molecule has 0 aliphatic carbocycles. The first-order valence-corrected chi connectivity index (χ1v) is 12.0. The number of imide groups is 1. The van der Waals surface area contributed by atoms with Crippen LogP contribution >= 0.6 is 11.8 Å². The third-order valence-electron chi connectivity index (χ3n) is 6.43. The molecule has 9 heteroatoms. The van der Waals surface area contributed by atoms with Crippen LogP contribution in [0.5, 0.6) is 0 Å². The molecule has 2 fully saturated rings. The highest BCUT2D eigenvalue weighted by atomic mass is 32.2. The zero-order valence-corrected chi connectivity index (χ0v) is 20.2. The number of hydrogen-bond acceptors (Lipinski definition) is 5. The standard InChI is InChI=1S/C25H27N3O5S/c1-15-8-10-26(11-9-15)22(29)14-27-23(30)21(34-25(27)33)13-19-12-16(2)28(17(19)3)20-6-4-18(5-7-20)24(31)32/h4-7,12-13,15H,8-11,14H2,1-3H3,(H,31,32)/b21-13+. The lowest BCUT2D eigenvalue weighted by Crippen LogP contribution is -2.45. The molecule has 0 atom stereocenters. The fraction of sp³-hybridized carbons (Fsp3) is 0.360. The zero-order chi connectivity index (χ0) is 24.6. The molecule has 2 saturated heterocycles. The number of benzene rings is 1. The van der Waals surface area contributed by atoms with E-state index < -0.39 is 17.1 Å². The number of aromatic carboxylic acids is 1. The monoisotopic (exact) mass is 481 g/mol. The van der Waals surface area contributed by atoms with Crippen molar-refractivity contribution in [1.29, 1.82) is 0 Å². The van der Waals surface area contributed by atoms with Gasteiger partial charge in [0.15, 0.2) is 0 Å². The fourth-order valence-corrected chi connectivity index (χ4v) is 5.18. The van der Waals surface area contributed by atoms with Crippen LogP contribution in [0.3, 0.4) is 0 Å². The fourth-order valence-electron chi connectivity index (χ4n) is 4.35. The summed E-state index contributed by atoms with van der Waals surface area (Å²) < 4.78 is 1.96. The highest BCUT2D eigenvalue weighted by molar-refractivity contribution is 8.18. The second-order valence-electron chi connectivity index (χ2n) is 8.85. The number of carboxylic acid groups (broad SMARTS) is 1. The zero-order valence-electron chi connectivity index (χ0n) is 19.4. The molecule has 8 nitrogen and oxygen atoms in total. The van der Waals surface area contributed by atoms with E-state index in [4.69, 9.17) is 5.11 Å². The Kier molecular flexibility index (Phi) is 6.65. The summed E-state index contributed by atoms with van der Waals surface area (Å²) >= 11 is 0.844. The molecule has 3 heterocycles. The second-order valence-corrected chi connectivity index (χ2v) is 9.84. The average molecular weight is 482 g/mol. The summed E-state index contributed by atoms with van der Waals surface area (Å²) in [5, 5.41) is 8.68. The van der Waals surface area contributed by atoms with Crippen LogP contribution in [0.2, 0.25) is 0 Å². The van der Waals surface area contributed by atoms with E-state index in [1.165, 1.54) is 0 Å². The van der Waals surface area contributed by atoms with Crippen molar-refractivity contribution in [2.24, 2.45) is 5.92 Å². The van der Waals surface area contributed by atoms with Crippen molar-refractivity contribution in [3.63, 3.8) is 0 Å². The number of amides is 3. The van der Waals surface area contributed by atoms with Gasteiger partial charge in [0.25, 0.3) is 11.1 Å². The Morgan fingerprint density at radius 2 is 1.76 bits per heavy atom. The lowest BCUT2D eigenvalue weighted by Gasteiger charge is -2.31. The third-order valence-corrected chi connectivity index (χ3v) is 7.34. The molecular weight excluding hydrogens is 454 g/mol. The van der Waals surface area contributed by atoms with Gasteiger partial charge in [-0.1, -0.05) is 6.92 Å². The molecule has 34 heavy (non-hydrogen) atoms. The number of nitrogens with zero attached hydrogens (tertiary/aromatic N) is 3. The number of aryl methyl sites for hydroxylation is 1. The molecule has 2 aliphatic rings. The smallest absolute Gasteiger partial charge is 0.335 e. The predicted molar refractivity (Wildman–Crippen MR) is 130 cm³/mol. The molecule has 178 valence electrons. The van der Waals surface area contributed by atoms with Crippen LogP contribution in [0.1, 0.15) is 47.1 Å². The van der Waals surface area contributed by atoms with Gasteiger partial charge in [-0.25, -0.2) is 4.79 Å². The van der Waals surface area contributed by atoms with E-state index in [1.807, 2.05) is 24.5 Å². The van der Waals surface area contributed by atoms with Gasteiger partial charge in [-0.15, -0.1) is 0 Å². The number of likely N-dealkylation sites (tertiary alicyclic amines) is 1. The third kappa shape index (κ3) is 4.65. The van der Waals surface area contributed by atoms with Crippen molar-refractivity contribution >= 4 is 40.9 Å². The van der Waals surface area contributed by atoms with E-state index >= 15 is 0 Å². The van der Waals surface area contributed by atoms with Gasteiger partial charge in [0.05, 0.1) is 10.5 Å². The Labute approximate surface area is 202 Å². The Bertz CT molecular complexity index is 1190. The van der Waals surface area contributed by atoms with Gasteiger partial charge in [-0.05, 0) is 86.3 Å². The largest absolute Gasteiger partial charge is 0.478 e. The molecular formula is C25H27N3O5S. The van der Waals surface area contributed by atoms with E-state index in [0.717, 1.165) is 52.1 Å². The summed E-state index contributed by atoms with van der Waals surface area (Å²) in [6.07, 6.45) is 3.55. The van der Waals surface area contributed by atoms with Gasteiger partial charge in [0.2, 0.25) is 5.91 Å². The summed E-state index contributed by atoms with van der Waals surface area (Å²) in [5.41, 5.74) is 3.54. The molecule has 1 aromatic heterocycles. The van der Waals surface area contributed by atoms with Crippen LogP contribution in [-0.2, 0) is 9.59 Å². The van der Waals surface area contributed by atoms with Gasteiger partial charge in [0.1, 0.15) is 6.54 Å². The molecule has 1 aromatic carbocycles. The van der Waals surface area contributed by atoms with Crippen molar-refractivity contribution in [1.82, 2.24) is 14.4 Å². The maximum Gasteiger partial charge on any atom is 0.335 e. The lowest BCUT2D eigenvalue weighted by atomic mass is 9.99. The van der Waals surface area contributed by atoms with Crippen LogP contribution in [0.25, 0.3) is 11.8 Å². The highest BCUT2D eigenvalue weighted by Gasteiger charge is 2.37. The summed E-state index contributed by atoms with van der Waals surface area (Å²) in [4.78, 5) is 52.3. The maximum absolute atomic E-state index is 12.9. The number of carbonyl (C=O) groups is 4. The van der Waals surface area contributed by atoms with Crippen LogP contribution in [0.4, 0.5) is 4.79 Å². The number of rotatable bonds is 5. The number of hydrogen-bond donors (Lipinski definition) is 1. The van der Waals surface area contributed by atoms with E-state index in [2.05, 4.69) is 6.92 Å². The summed E-state index contributed by atoms with van der Waals surface area (Å²) in [5.74, 6) is -1.06. The van der Waals surface area contributed by atoms with E-state index in [9.17, 15) is 19.2 Å². The van der Waals surface area contributed by atoms with E-state index in [0.29, 0.717) is 19.0 Å². The van der Waals surface area contributed by atoms with Gasteiger partial charge < -0.3 is 14.6 Å². The van der Waals surface area contributed by atoms with Crippen LogP contribution in [0.15, 0.2) is 35.2 Å². The molecule has 0 spiro atoms. The molecule has 2 aromatic rings. The van der Waals surface area contributed by atoms with Crippen LogP contribution < -0.4 is 0 Å². The Balaban J connectivity index is 1.52. The van der Waals surface area contributed by atoms with Gasteiger partial charge in [-0.2, -0.15) is 0 Å².